The third-order valence-corrected chi connectivity index (χ3v) is 5.31. The van der Waals surface area contributed by atoms with Crippen molar-refractivity contribution in [2.75, 3.05) is 11.6 Å². The largest absolute Gasteiger partial charge is 0.486 e. The Morgan fingerprint density at radius 2 is 1.85 bits per heavy atom. The van der Waals surface area contributed by atoms with E-state index in [2.05, 4.69) is 43.2 Å². The molecule has 1 heterocycles. The molecule has 1 aromatic carbocycles. The summed E-state index contributed by atoms with van der Waals surface area (Å²) in [6, 6.07) is 8.08. The number of aromatic nitrogens is 3. The standard InChI is InChI=1S/C19H29N5O2S/c1-12(2)14(5)21-18(25)11-27-19-23-22-17(24(19)20)10-26-16-8-6-15(7-9-16)13(3)4/h6-9,12-14H,10-11,20H2,1-5H3,(H,21,25)/t14-/m0/s1. The number of amides is 1. The second-order valence-electron chi connectivity index (χ2n) is 7.17. The molecule has 0 fully saturated rings. The summed E-state index contributed by atoms with van der Waals surface area (Å²) in [5.74, 6) is 8.33. The van der Waals surface area contributed by atoms with E-state index in [0.717, 1.165) is 5.75 Å². The zero-order valence-electron chi connectivity index (χ0n) is 16.6. The minimum absolute atomic E-state index is 0.0488. The topological polar surface area (TPSA) is 95.1 Å². The summed E-state index contributed by atoms with van der Waals surface area (Å²) in [6.45, 7) is 10.6. The summed E-state index contributed by atoms with van der Waals surface area (Å²) < 4.78 is 7.10. The normalized spacial score (nSPS) is 12.4. The van der Waals surface area contributed by atoms with Gasteiger partial charge in [0.05, 0.1) is 5.75 Å². The summed E-state index contributed by atoms with van der Waals surface area (Å²) in [7, 11) is 0. The first-order valence-corrected chi connectivity index (χ1v) is 10.1. The molecule has 1 atom stereocenters. The summed E-state index contributed by atoms with van der Waals surface area (Å²) in [5.41, 5.74) is 1.26. The highest BCUT2D eigenvalue weighted by Gasteiger charge is 2.15. The van der Waals surface area contributed by atoms with Crippen LogP contribution in [0.4, 0.5) is 0 Å². The van der Waals surface area contributed by atoms with Crippen molar-refractivity contribution in [3.05, 3.63) is 35.7 Å². The number of benzene rings is 1. The minimum Gasteiger partial charge on any atom is -0.486 e. The quantitative estimate of drug-likeness (QED) is 0.504. The van der Waals surface area contributed by atoms with Crippen LogP contribution in [0.25, 0.3) is 0 Å². The van der Waals surface area contributed by atoms with Crippen LogP contribution in [-0.2, 0) is 11.4 Å². The maximum atomic E-state index is 12.0. The maximum absolute atomic E-state index is 12.0. The third-order valence-electron chi connectivity index (χ3n) is 4.37. The molecule has 2 rings (SSSR count). The van der Waals surface area contributed by atoms with Crippen molar-refractivity contribution in [2.24, 2.45) is 5.92 Å². The number of hydrogen-bond donors (Lipinski definition) is 2. The van der Waals surface area contributed by atoms with Crippen molar-refractivity contribution < 1.29 is 9.53 Å². The second kappa shape index (κ2) is 9.64. The Labute approximate surface area is 165 Å². The smallest absolute Gasteiger partial charge is 0.230 e. The zero-order valence-corrected chi connectivity index (χ0v) is 17.4. The predicted molar refractivity (Wildman–Crippen MR) is 108 cm³/mol. The van der Waals surface area contributed by atoms with E-state index in [1.807, 2.05) is 31.2 Å². The van der Waals surface area contributed by atoms with E-state index in [9.17, 15) is 4.79 Å². The lowest BCUT2D eigenvalue weighted by Crippen LogP contribution is -2.37. The van der Waals surface area contributed by atoms with E-state index >= 15 is 0 Å². The van der Waals surface area contributed by atoms with E-state index in [1.165, 1.54) is 22.0 Å². The summed E-state index contributed by atoms with van der Waals surface area (Å²) in [5, 5.41) is 11.5. The second-order valence-corrected chi connectivity index (χ2v) is 8.11. The molecule has 8 heteroatoms. The van der Waals surface area contributed by atoms with E-state index in [0.29, 0.717) is 22.8 Å². The highest BCUT2D eigenvalue weighted by atomic mass is 32.2. The number of hydrogen-bond acceptors (Lipinski definition) is 6. The van der Waals surface area contributed by atoms with Gasteiger partial charge in [-0.15, -0.1) is 10.2 Å². The molecule has 0 aliphatic carbocycles. The zero-order chi connectivity index (χ0) is 20.0. The number of nitrogens with zero attached hydrogens (tertiary/aromatic N) is 3. The van der Waals surface area contributed by atoms with Crippen LogP contribution in [0.3, 0.4) is 0 Å². The molecule has 27 heavy (non-hydrogen) atoms. The Hall–Kier alpha value is -2.22. The van der Waals surface area contributed by atoms with Gasteiger partial charge in [-0.1, -0.05) is 51.6 Å². The minimum atomic E-state index is -0.0488. The van der Waals surface area contributed by atoms with Crippen LogP contribution in [0.15, 0.2) is 29.4 Å². The van der Waals surface area contributed by atoms with Crippen molar-refractivity contribution in [3.63, 3.8) is 0 Å². The van der Waals surface area contributed by atoms with Crippen LogP contribution < -0.4 is 15.9 Å². The number of nitrogens with two attached hydrogens (primary N) is 1. The van der Waals surface area contributed by atoms with Gasteiger partial charge in [0.1, 0.15) is 12.4 Å². The first kappa shape index (κ1) is 21.1. The Bertz CT molecular complexity index is 743. The van der Waals surface area contributed by atoms with E-state index < -0.39 is 0 Å². The number of nitrogens with one attached hydrogen (secondary N) is 1. The third kappa shape index (κ3) is 6.16. The predicted octanol–water partition coefficient (Wildman–Crippen LogP) is 2.95. The van der Waals surface area contributed by atoms with Gasteiger partial charge in [-0.3, -0.25) is 4.79 Å². The van der Waals surface area contributed by atoms with Crippen LogP contribution in [0.2, 0.25) is 0 Å². The van der Waals surface area contributed by atoms with Gasteiger partial charge >= 0.3 is 0 Å². The number of carbonyl (C=O) groups is 1. The van der Waals surface area contributed by atoms with E-state index in [-0.39, 0.29) is 24.3 Å². The monoisotopic (exact) mass is 391 g/mol. The molecule has 0 spiro atoms. The van der Waals surface area contributed by atoms with Gasteiger partial charge < -0.3 is 15.9 Å². The average Bonchev–Trinajstić information content (AvgIpc) is 2.98. The fourth-order valence-electron chi connectivity index (χ4n) is 2.19. The van der Waals surface area contributed by atoms with Crippen LogP contribution >= 0.6 is 11.8 Å². The SMILES string of the molecule is CC(C)c1ccc(OCc2nnc(SCC(=O)N[C@@H](C)C(C)C)n2N)cc1. The fourth-order valence-corrected chi connectivity index (χ4v) is 2.88. The molecular weight excluding hydrogens is 362 g/mol. The van der Waals surface area contributed by atoms with E-state index in [1.54, 1.807) is 0 Å². The van der Waals surface area contributed by atoms with Crippen LogP contribution in [0.5, 0.6) is 5.75 Å². The molecule has 7 nitrogen and oxygen atoms in total. The van der Waals surface area contributed by atoms with Gasteiger partial charge in [-0.25, -0.2) is 4.68 Å². The van der Waals surface area contributed by atoms with Crippen molar-refractivity contribution in [1.29, 1.82) is 0 Å². The maximum Gasteiger partial charge on any atom is 0.230 e. The summed E-state index contributed by atoms with van der Waals surface area (Å²) >= 11 is 1.25. The number of nitrogen functional groups attached to an aromatic ring is 1. The van der Waals surface area contributed by atoms with Gasteiger partial charge in [-0.05, 0) is 36.5 Å². The number of ether oxygens (including phenoxy) is 1. The molecule has 0 aliphatic rings. The van der Waals surface area contributed by atoms with Crippen molar-refractivity contribution in [1.82, 2.24) is 20.2 Å². The van der Waals surface area contributed by atoms with Crippen molar-refractivity contribution >= 4 is 17.7 Å². The Morgan fingerprint density at radius 1 is 1.19 bits per heavy atom. The van der Waals surface area contributed by atoms with Crippen LogP contribution in [0, 0.1) is 5.92 Å². The van der Waals surface area contributed by atoms with Gasteiger partial charge in [0, 0.05) is 6.04 Å². The number of carbonyl (C=O) groups excluding carboxylic acids is 1. The molecule has 3 N–H and O–H groups in total. The lowest BCUT2D eigenvalue weighted by atomic mass is 10.0. The molecule has 1 aromatic heterocycles. The number of rotatable bonds is 9. The Balaban J connectivity index is 1.86. The summed E-state index contributed by atoms with van der Waals surface area (Å²) in [6.07, 6.45) is 0. The van der Waals surface area contributed by atoms with Gasteiger partial charge in [0.15, 0.2) is 5.82 Å². The van der Waals surface area contributed by atoms with Crippen molar-refractivity contribution in [2.45, 2.75) is 58.3 Å². The molecule has 1 amide bonds. The van der Waals surface area contributed by atoms with Crippen LogP contribution in [-0.4, -0.2) is 32.6 Å². The Kier molecular flexibility index (Phi) is 7.53. The van der Waals surface area contributed by atoms with E-state index in [4.69, 9.17) is 10.6 Å². The molecule has 0 saturated heterocycles. The fraction of sp³-hybridized carbons (Fsp3) is 0.526. The molecule has 2 aromatic rings. The lowest BCUT2D eigenvalue weighted by molar-refractivity contribution is -0.119. The van der Waals surface area contributed by atoms with Gasteiger partial charge in [-0.2, -0.15) is 0 Å². The lowest BCUT2D eigenvalue weighted by Gasteiger charge is -2.17. The average molecular weight is 392 g/mol. The van der Waals surface area contributed by atoms with Gasteiger partial charge in [0.25, 0.3) is 0 Å². The molecular formula is C19H29N5O2S. The molecule has 0 radical (unpaired) electrons. The van der Waals surface area contributed by atoms with Gasteiger partial charge in [0.2, 0.25) is 11.1 Å². The molecule has 0 saturated carbocycles. The van der Waals surface area contributed by atoms with Crippen LogP contribution in [0.1, 0.15) is 51.9 Å². The molecule has 0 bridgehead atoms. The molecule has 0 aliphatic heterocycles. The van der Waals surface area contributed by atoms with Crippen molar-refractivity contribution in [3.8, 4) is 5.75 Å². The summed E-state index contributed by atoms with van der Waals surface area (Å²) in [4.78, 5) is 12.0. The molecule has 148 valence electrons. The highest BCUT2D eigenvalue weighted by Crippen LogP contribution is 2.20. The highest BCUT2D eigenvalue weighted by molar-refractivity contribution is 7.99. The molecule has 0 unspecified atom stereocenters. The first-order chi connectivity index (χ1) is 12.8. The first-order valence-electron chi connectivity index (χ1n) is 9.12. The Morgan fingerprint density at radius 3 is 2.44 bits per heavy atom. The number of thioether (sulfide) groups is 1.